The normalized spacial score (nSPS) is 11.9. The van der Waals surface area contributed by atoms with Crippen molar-refractivity contribution < 1.29 is 0 Å². The van der Waals surface area contributed by atoms with E-state index in [4.69, 9.17) is 0 Å². The van der Waals surface area contributed by atoms with Crippen molar-refractivity contribution in [2.45, 2.75) is 39.7 Å². The van der Waals surface area contributed by atoms with Crippen molar-refractivity contribution >= 4 is 5.95 Å². The van der Waals surface area contributed by atoms with E-state index < -0.39 is 0 Å². The first-order valence-electron chi connectivity index (χ1n) is 6.16. The number of hydrogen-bond donors (Lipinski definition) is 2. The Balaban J connectivity index is 2.62. The van der Waals surface area contributed by atoms with Gasteiger partial charge < -0.3 is 10.6 Å². The third-order valence-electron chi connectivity index (χ3n) is 2.42. The molecule has 4 nitrogen and oxygen atoms in total. The van der Waals surface area contributed by atoms with Gasteiger partial charge in [0.05, 0.1) is 0 Å². The molecular formula is C13H24N4. The zero-order valence-corrected chi connectivity index (χ0v) is 11.5. The van der Waals surface area contributed by atoms with E-state index in [9.17, 15) is 0 Å². The lowest BCUT2D eigenvalue weighted by molar-refractivity contribution is 0.526. The number of aromatic nitrogens is 2. The highest BCUT2D eigenvalue weighted by Crippen LogP contribution is 2.11. The van der Waals surface area contributed by atoms with Gasteiger partial charge in [-0.15, -0.1) is 0 Å². The molecule has 0 aliphatic carbocycles. The lowest BCUT2D eigenvalue weighted by Crippen LogP contribution is -2.41. The zero-order valence-electron chi connectivity index (χ0n) is 11.5. The maximum Gasteiger partial charge on any atom is 0.223 e. The van der Waals surface area contributed by atoms with Gasteiger partial charge in [-0.2, -0.15) is 0 Å². The average Bonchev–Trinajstić information content (AvgIpc) is 2.19. The highest BCUT2D eigenvalue weighted by molar-refractivity contribution is 5.29. The van der Waals surface area contributed by atoms with Crippen LogP contribution in [0.25, 0.3) is 0 Å². The molecule has 1 heterocycles. The first kappa shape index (κ1) is 13.9. The van der Waals surface area contributed by atoms with E-state index in [-0.39, 0.29) is 5.54 Å². The molecule has 0 aliphatic heterocycles. The van der Waals surface area contributed by atoms with Crippen LogP contribution in [0, 0.1) is 5.92 Å². The number of nitrogens with zero attached hydrogens (tertiary/aromatic N) is 2. The Labute approximate surface area is 104 Å². The van der Waals surface area contributed by atoms with Gasteiger partial charge in [-0.1, -0.05) is 13.8 Å². The summed E-state index contributed by atoms with van der Waals surface area (Å²) in [6.45, 7) is 9.50. The second kappa shape index (κ2) is 5.96. The fraction of sp³-hybridized carbons (Fsp3) is 0.692. The lowest BCUT2D eigenvalue weighted by atomic mass is 10.1. The Morgan fingerprint density at radius 3 is 2.29 bits per heavy atom. The molecule has 0 aliphatic rings. The summed E-state index contributed by atoms with van der Waals surface area (Å²) >= 11 is 0. The second-order valence-corrected chi connectivity index (χ2v) is 5.55. The minimum Gasteiger partial charge on any atom is -0.348 e. The molecule has 0 spiro atoms. The van der Waals surface area contributed by atoms with Crippen molar-refractivity contribution in [2.75, 3.05) is 18.9 Å². The molecule has 96 valence electrons. The van der Waals surface area contributed by atoms with Crippen LogP contribution in [-0.4, -0.2) is 29.1 Å². The standard InChI is InChI=1S/C13H24N4/c1-10(2)6-11-7-15-12(16-8-11)17-13(3,4)9-14-5/h7-8,10,14H,6,9H2,1-5H3,(H,15,16,17). The Kier molecular flexibility index (Phi) is 4.87. The molecule has 0 aromatic carbocycles. The summed E-state index contributed by atoms with van der Waals surface area (Å²) in [6, 6.07) is 0. The SMILES string of the molecule is CNCC(C)(C)Nc1ncc(CC(C)C)cn1. The van der Waals surface area contributed by atoms with Gasteiger partial charge in [0, 0.05) is 24.5 Å². The summed E-state index contributed by atoms with van der Waals surface area (Å²) in [7, 11) is 1.94. The zero-order chi connectivity index (χ0) is 12.9. The van der Waals surface area contributed by atoms with Crippen LogP contribution in [0.4, 0.5) is 5.95 Å². The number of rotatable bonds is 6. The van der Waals surface area contributed by atoms with Gasteiger partial charge in [0.1, 0.15) is 0 Å². The molecule has 0 saturated carbocycles. The topological polar surface area (TPSA) is 49.8 Å². The molecule has 2 N–H and O–H groups in total. The molecule has 0 bridgehead atoms. The molecule has 0 unspecified atom stereocenters. The van der Waals surface area contributed by atoms with Gasteiger partial charge in [0.25, 0.3) is 0 Å². The highest BCUT2D eigenvalue weighted by Gasteiger charge is 2.17. The van der Waals surface area contributed by atoms with Crippen LogP contribution < -0.4 is 10.6 Å². The van der Waals surface area contributed by atoms with Crippen LogP contribution in [-0.2, 0) is 6.42 Å². The number of hydrogen-bond acceptors (Lipinski definition) is 4. The minimum absolute atomic E-state index is 0.0473. The summed E-state index contributed by atoms with van der Waals surface area (Å²) in [5.74, 6) is 1.33. The van der Waals surface area contributed by atoms with Gasteiger partial charge in [-0.25, -0.2) is 9.97 Å². The van der Waals surface area contributed by atoms with E-state index in [1.165, 1.54) is 5.56 Å². The molecule has 0 amide bonds. The van der Waals surface area contributed by atoms with Crippen molar-refractivity contribution in [1.82, 2.24) is 15.3 Å². The molecule has 0 saturated heterocycles. The van der Waals surface area contributed by atoms with Crippen molar-refractivity contribution in [2.24, 2.45) is 5.92 Å². The van der Waals surface area contributed by atoms with Gasteiger partial charge >= 0.3 is 0 Å². The van der Waals surface area contributed by atoms with Crippen LogP contribution in [0.15, 0.2) is 12.4 Å². The summed E-state index contributed by atoms with van der Waals surface area (Å²) in [6.07, 6.45) is 4.84. The predicted octanol–water partition coefficient (Wildman–Crippen LogP) is 2.08. The maximum atomic E-state index is 4.35. The Hall–Kier alpha value is -1.16. The van der Waals surface area contributed by atoms with Crippen LogP contribution in [0.5, 0.6) is 0 Å². The van der Waals surface area contributed by atoms with E-state index in [2.05, 4.69) is 48.3 Å². The second-order valence-electron chi connectivity index (χ2n) is 5.55. The van der Waals surface area contributed by atoms with E-state index in [0.717, 1.165) is 13.0 Å². The molecule has 1 rings (SSSR count). The predicted molar refractivity (Wildman–Crippen MR) is 72.2 cm³/mol. The number of anilines is 1. The van der Waals surface area contributed by atoms with Crippen molar-refractivity contribution in [3.8, 4) is 0 Å². The van der Waals surface area contributed by atoms with Crippen molar-refractivity contribution in [1.29, 1.82) is 0 Å². The smallest absolute Gasteiger partial charge is 0.223 e. The van der Waals surface area contributed by atoms with Crippen LogP contribution in [0.2, 0.25) is 0 Å². The molecule has 1 aromatic heterocycles. The van der Waals surface area contributed by atoms with Crippen molar-refractivity contribution in [3.63, 3.8) is 0 Å². The monoisotopic (exact) mass is 236 g/mol. The molecule has 1 aromatic rings. The van der Waals surface area contributed by atoms with E-state index in [0.29, 0.717) is 11.9 Å². The van der Waals surface area contributed by atoms with Crippen LogP contribution in [0.1, 0.15) is 33.3 Å². The quantitative estimate of drug-likeness (QED) is 0.794. The number of nitrogens with one attached hydrogen (secondary N) is 2. The summed E-state index contributed by atoms with van der Waals surface area (Å²) in [4.78, 5) is 8.70. The Bertz CT molecular complexity index is 330. The van der Waals surface area contributed by atoms with E-state index >= 15 is 0 Å². The van der Waals surface area contributed by atoms with Gasteiger partial charge in [-0.3, -0.25) is 0 Å². The summed E-state index contributed by atoms with van der Waals surface area (Å²) in [5.41, 5.74) is 1.14. The molecule has 17 heavy (non-hydrogen) atoms. The first-order chi connectivity index (χ1) is 7.93. The van der Waals surface area contributed by atoms with Crippen LogP contribution in [0.3, 0.4) is 0 Å². The molecule has 0 fully saturated rings. The fourth-order valence-electron chi connectivity index (χ4n) is 1.78. The highest BCUT2D eigenvalue weighted by atomic mass is 15.1. The third kappa shape index (κ3) is 5.13. The minimum atomic E-state index is -0.0473. The lowest BCUT2D eigenvalue weighted by Gasteiger charge is -2.25. The third-order valence-corrected chi connectivity index (χ3v) is 2.42. The summed E-state index contributed by atoms with van der Waals surface area (Å²) in [5, 5.41) is 6.46. The number of likely N-dealkylation sites (N-methyl/N-ethyl adjacent to an activating group) is 1. The van der Waals surface area contributed by atoms with Gasteiger partial charge in [0.2, 0.25) is 5.95 Å². The Morgan fingerprint density at radius 1 is 1.24 bits per heavy atom. The van der Waals surface area contributed by atoms with Crippen molar-refractivity contribution in [3.05, 3.63) is 18.0 Å². The molecule has 0 radical (unpaired) electrons. The largest absolute Gasteiger partial charge is 0.348 e. The fourth-order valence-corrected chi connectivity index (χ4v) is 1.78. The maximum absolute atomic E-state index is 4.35. The summed E-state index contributed by atoms with van der Waals surface area (Å²) < 4.78 is 0. The molecule has 0 atom stereocenters. The van der Waals surface area contributed by atoms with Crippen LogP contribution >= 0.6 is 0 Å². The van der Waals surface area contributed by atoms with Gasteiger partial charge in [-0.05, 0) is 38.8 Å². The average molecular weight is 236 g/mol. The Morgan fingerprint density at radius 2 is 1.82 bits per heavy atom. The molecule has 4 heteroatoms. The first-order valence-corrected chi connectivity index (χ1v) is 6.16. The van der Waals surface area contributed by atoms with E-state index in [1.54, 1.807) is 0 Å². The van der Waals surface area contributed by atoms with Gasteiger partial charge in [0.15, 0.2) is 0 Å². The van der Waals surface area contributed by atoms with E-state index in [1.807, 2.05) is 19.4 Å². The molecular weight excluding hydrogens is 212 g/mol.